The highest BCUT2D eigenvalue weighted by Gasteiger charge is 2.28. The van der Waals surface area contributed by atoms with Crippen molar-refractivity contribution in [2.45, 2.75) is 26.2 Å². The molecule has 2 aliphatic rings. The number of carbonyl (C=O) groups excluding carboxylic acids is 1. The van der Waals surface area contributed by atoms with Gasteiger partial charge < -0.3 is 9.80 Å². The van der Waals surface area contributed by atoms with Crippen LogP contribution in [0.4, 0.5) is 5.69 Å². The van der Waals surface area contributed by atoms with Gasteiger partial charge in [-0.1, -0.05) is 18.2 Å². The van der Waals surface area contributed by atoms with Gasteiger partial charge in [-0.2, -0.15) is 0 Å². The minimum absolute atomic E-state index is 0.0753. The third-order valence-corrected chi connectivity index (χ3v) is 4.94. The molecular formula is C19H22N4O. The minimum atomic E-state index is 0.0753. The number of aryl methyl sites for hydroxylation is 2. The molecule has 1 aliphatic carbocycles. The van der Waals surface area contributed by atoms with E-state index in [1.54, 1.807) is 0 Å². The lowest BCUT2D eigenvalue weighted by molar-refractivity contribution is 0.0739. The Bertz CT molecular complexity index is 751. The Labute approximate surface area is 142 Å². The van der Waals surface area contributed by atoms with Crippen molar-refractivity contribution in [1.29, 1.82) is 0 Å². The van der Waals surface area contributed by atoms with E-state index in [0.717, 1.165) is 56.7 Å². The molecule has 1 saturated heterocycles. The summed E-state index contributed by atoms with van der Waals surface area (Å²) in [6.07, 6.45) is 2.98. The maximum atomic E-state index is 13.0. The molecule has 1 fully saturated rings. The third kappa shape index (κ3) is 2.75. The number of para-hydroxylation sites is 1. The van der Waals surface area contributed by atoms with Gasteiger partial charge >= 0.3 is 0 Å². The minimum Gasteiger partial charge on any atom is -0.368 e. The van der Waals surface area contributed by atoms with Crippen LogP contribution in [-0.4, -0.2) is 47.0 Å². The van der Waals surface area contributed by atoms with Gasteiger partial charge in [0.1, 0.15) is 11.5 Å². The maximum Gasteiger partial charge on any atom is 0.273 e. The van der Waals surface area contributed by atoms with E-state index in [-0.39, 0.29) is 5.91 Å². The van der Waals surface area contributed by atoms with Gasteiger partial charge in [0.2, 0.25) is 0 Å². The van der Waals surface area contributed by atoms with Crippen LogP contribution in [0.25, 0.3) is 0 Å². The van der Waals surface area contributed by atoms with E-state index in [1.165, 1.54) is 5.69 Å². The number of aromatic nitrogens is 2. The molecule has 5 nitrogen and oxygen atoms in total. The number of fused-ring (bicyclic) bond motifs is 1. The molecule has 1 aliphatic heterocycles. The number of anilines is 1. The number of hydrogen-bond acceptors (Lipinski definition) is 4. The summed E-state index contributed by atoms with van der Waals surface area (Å²) in [6, 6.07) is 10.4. The van der Waals surface area contributed by atoms with Crippen molar-refractivity contribution in [2.24, 2.45) is 0 Å². The lowest BCUT2D eigenvalue weighted by Gasteiger charge is -2.36. The smallest absolute Gasteiger partial charge is 0.273 e. The topological polar surface area (TPSA) is 49.3 Å². The summed E-state index contributed by atoms with van der Waals surface area (Å²) in [5.74, 6) is 0.785. The zero-order valence-electron chi connectivity index (χ0n) is 14.0. The highest BCUT2D eigenvalue weighted by molar-refractivity contribution is 5.94. The van der Waals surface area contributed by atoms with Crippen LogP contribution in [0.1, 0.15) is 34.0 Å². The molecule has 1 aromatic carbocycles. The Hall–Kier alpha value is -2.43. The number of nitrogens with zero attached hydrogens (tertiary/aromatic N) is 4. The van der Waals surface area contributed by atoms with Crippen molar-refractivity contribution in [2.75, 3.05) is 31.1 Å². The first-order valence-electron chi connectivity index (χ1n) is 8.68. The fourth-order valence-corrected chi connectivity index (χ4v) is 3.69. The summed E-state index contributed by atoms with van der Waals surface area (Å²) in [5.41, 5.74) is 4.02. The van der Waals surface area contributed by atoms with Gasteiger partial charge in [-0.25, -0.2) is 9.97 Å². The summed E-state index contributed by atoms with van der Waals surface area (Å²) < 4.78 is 0. The predicted molar refractivity (Wildman–Crippen MR) is 93.4 cm³/mol. The monoisotopic (exact) mass is 322 g/mol. The van der Waals surface area contributed by atoms with Crippen LogP contribution in [0, 0.1) is 6.92 Å². The summed E-state index contributed by atoms with van der Waals surface area (Å²) in [6.45, 7) is 5.09. The van der Waals surface area contributed by atoms with E-state index in [0.29, 0.717) is 11.5 Å². The van der Waals surface area contributed by atoms with E-state index in [2.05, 4.69) is 39.1 Å². The van der Waals surface area contributed by atoms with Gasteiger partial charge in [-0.3, -0.25) is 4.79 Å². The standard InChI is InChI=1S/C19H22N4O/c1-14-20-17-9-5-8-16(17)18(21-14)19(24)23-12-10-22(11-13-23)15-6-3-2-4-7-15/h2-4,6-7H,5,8-13H2,1H3. The van der Waals surface area contributed by atoms with Crippen molar-refractivity contribution < 1.29 is 4.79 Å². The SMILES string of the molecule is Cc1nc2c(c(C(=O)N3CCN(c4ccccc4)CC3)n1)CCC2. The molecule has 1 aromatic heterocycles. The van der Waals surface area contributed by atoms with Gasteiger partial charge in [0.05, 0.1) is 0 Å². The number of rotatable bonds is 2. The zero-order chi connectivity index (χ0) is 16.5. The Kier molecular flexibility index (Phi) is 3.92. The van der Waals surface area contributed by atoms with Crippen LogP contribution < -0.4 is 4.90 Å². The Morgan fingerprint density at radius 1 is 1.00 bits per heavy atom. The zero-order valence-corrected chi connectivity index (χ0v) is 14.0. The van der Waals surface area contributed by atoms with Crippen molar-refractivity contribution in [3.63, 3.8) is 0 Å². The lowest BCUT2D eigenvalue weighted by Crippen LogP contribution is -2.49. The highest BCUT2D eigenvalue weighted by atomic mass is 16.2. The molecule has 0 atom stereocenters. The van der Waals surface area contributed by atoms with Gasteiger partial charge in [0.15, 0.2) is 0 Å². The second kappa shape index (κ2) is 6.23. The number of hydrogen-bond donors (Lipinski definition) is 0. The molecule has 0 N–H and O–H groups in total. The van der Waals surface area contributed by atoms with E-state index in [4.69, 9.17) is 0 Å². The molecular weight excluding hydrogens is 300 g/mol. The molecule has 2 aromatic rings. The molecule has 0 spiro atoms. The van der Waals surface area contributed by atoms with Crippen molar-refractivity contribution in [3.8, 4) is 0 Å². The number of benzene rings is 1. The fraction of sp³-hybridized carbons (Fsp3) is 0.421. The predicted octanol–water partition coefficient (Wildman–Crippen LogP) is 2.24. The molecule has 2 heterocycles. The molecule has 0 unspecified atom stereocenters. The molecule has 0 bridgehead atoms. The van der Waals surface area contributed by atoms with Crippen LogP contribution in [0.2, 0.25) is 0 Å². The summed E-state index contributed by atoms with van der Waals surface area (Å²) in [5, 5.41) is 0. The molecule has 124 valence electrons. The quantitative estimate of drug-likeness (QED) is 0.851. The van der Waals surface area contributed by atoms with E-state index in [9.17, 15) is 4.79 Å². The molecule has 1 amide bonds. The molecule has 5 heteroatoms. The molecule has 24 heavy (non-hydrogen) atoms. The molecule has 0 radical (unpaired) electrons. The summed E-state index contributed by atoms with van der Waals surface area (Å²) in [7, 11) is 0. The lowest BCUT2D eigenvalue weighted by atomic mass is 10.1. The van der Waals surface area contributed by atoms with E-state index in [1.807, 2.05) is 17.9 Å². The Balaban J connectivity index is 1.49. The van der Waals surface area contributed by atoms with Crippen LogP contribution >= 0.6 is 0 Å². The fourth-order valence-electron chi connectivity index (χ4n) is 3.69. The Morgan fingerprint density at radius 2 is 1.75 bits per heavy atom. The number of piperazine rings is 1. The largest absolute Gasteiger partial charge is 0.368 e. The van der Waals surface area contributed by atoms with E-state index >= 15 is 0 Å². The van der Waals surface area contributed by atoms with Gasteiger partial charge in [0, 0.05) is 43.1 Å². The van der Waals surface area contributed by atoms with Gasteiger partial charge in [0.25, 0.3) is 5.91 Å². The molecule has 0 saturated carbocycles. The highest BCUT2D eigenvalue weighted by Crippen LogP contribution is 2.24. The van der Waals surface area contributed by atoms with Crippen LogP contribution in [0.15, 0.2) is 30.3 Å². The number of amides is 1. The van der Waals surface area contributed by atoms with Gasteiger partial charge in [-0.05, 0) is 38.3 Å². The molecule has 4 rings (SSSR count). The van der Waals surface area contributed by atoms with Crippen molar-refractivity contribution in [3.05, 3.63) is 53.1 Å². The summed E-state index contributed by atoms with van der Waals surface area (Å²) in [4.78, 5) is 26.2. The van der Waals surface area contributed by atoms with Crippen LogP contribution in [-0.2, 0) is 12.8 Å². The second-order valence-corrected chi connectivity index (χ2v) is 6.51. The third-order valence-electron chi connectivity index (χ3n) is 4.94. The normalized spacial score (nSPS) is 17.0. The average molecular weight is 322 g/mol. The van der Waals surface area contributed by atoms with Crippen LogP contribution in [0.5, 0.6) is 0 Å². The maximum absolute atomic E-state index is 13.0. The summed E-state index contributed by atoms with van der Waals surface area (Å²) >= 11 is 0. The first-order chi connectivity index (χ1) is 11.7. The second-order valence-electron chi connectivity index (χ2n) is 6.51. The first kappa shape index (κ1) is 15.1. The number of carbonyl (C=O) groups is 1. The van der Waals surface area contributed by atoms with Crippen LogP contribution in [0.3, 0.4) is 0 Å². The van der Waals surface area contributed by atoms with Crippen molar-refractivity contribution in [1.82, 2.24) is 14.9 Å². The first-order valence-corrected chi connectivity index (χ1v) is 8.68. The average Bonchev–Trinajstić information content (AvgIpc) is 3.09. The van der Waals surface area contributed by atoms with Crippen molar-refractivity contribution >= 4 is 11.6 Å². The van der Waals surface area contributed by atoms with E-state index < -0.39 is 0 Å². The van der Waals surface area contributed by atoms with Gasteiger partial charge in [-0.15, -0.1) is 0 Å². The Morgan fingerprint density at radius 3 is 2.50 bits per heavy atom.